The van der Waals surface area contributed by atoms with Crippen molar-refractivity contribution in [2.24, 2.45) is 0 Å². The Labute approximate surface area is 194 Å². The molecule has 2 N–H and O–H groups in total. The molecule has 0 atom stereocenters. The second-order valence-electron chi connectivity index (χ2n) is 7.64. The van der Waals surface area contributed by atoms with Crippen LogP contribution < -0.4 is 21.4 Å². The van der Waals surface area contributed by atoms with E-state index in [4.69, 9.17) is 4.42 Å². The quantitative estimate of drug-likeness (QED) is 0.223. The number of amides is 1. The van der Waals surface area contributed by atoms with E-state index in [9.17, 15) is 22.8 Å². The maximum Gasteiger partial charge on any atom is 0.336 e. The standard InChI is InChI=1S/C23H22N4O6S/c1-2-3-6-13-27-23(30)18-8-5-4-7-17(18)21(25-27)22(29)24-26-34(31,32)16-10-11-19-15(14-16)9-12-20(28)33-19/h4-5,7-12,14,26H,2-3,6,13H2,1H3,(H,24,29). The van der Waals surface area contributed by atoms with Crippen molar-refractivity contribution in [3.05, 3.63) is 81.1 Å². The van der Waals surface area contributed by atoms with Crippen LogP contribution in [0, 0.1) is 0 Å². The summed E-state index contributed by atoms with van der Waals surface area (Å²) in [5, 5.41) is 5.25. The molecule has 0 aliphatic heterocycles. The van der Waals surface area contributed by atoms with Gasteiger partial charge in [-0.25, -0.2) is 17.9 Å². The van der Waals surface area contributed by atoms with Gasteiger partial charge >= 0.3 is 5.63 Å². The summed E-state index contributed by atoms with van der Waals surface area (Å²) in [6.45, 7) is 2.38. The van der Waals surface area contributed by atoms with Crippen LogP contribution in [0.15, 0.2) is 73.5 Å². The number of hydrogen-bond donors (Lipinski definition) is 2. The third-order valence-electron chi connectivity index (χ3n) is 5.26. The summed E-state index contributed by atoms with van der Waals surface area (Å²) in [7, 11) is -4.15. The number of aryl methyl sites for hydroxylation is 1. The average molecular weight is 483 g/mol. The van der Waals surface area contributed by atoms with Gasteiger partial charge in [-0.15, -0.1) is 4.83 Å². The van der Waals surface area contributed by atoms with E-state index in [1.54, 1.807) is 24.3 Å². The summed E-state index contributed by atoms with van der Waals surface area (Å²) in [6.07, 6.45) is 2.58. The highest BCUT2D eigenvalue weighted by atomic mass is 32.2. The molecule has 0 unspecified atom stereocenters. The van der Waals surface area contributed by atoms with Gasteiger partial charge in [-0.2, -0.15) is 5.10 Å². The minimum atomic E-state index is -4.15. The second-order valence-corrected chi connectivity index (χ2v) is 9.33. The SMILES string of the molecule is CCCCCn1nc(C(=O)NNS(=O)(=O)c2ccc3oc(=O)ccc3c2)c2ccccc2c1=O. The molecule has 176 valence electrons. The Morgan fingerprint density at radius 1 is 1.03 bits per heavy atom. The van der Waals surface area contributed by atoms with Crippen LogP contribution in [0.3, 0.4) is 0 Å². The minimum absolute atomic E-state index is 0.0744. The zero-order valence-corrected chi connectivity index (χ0v) is 19.1. The molecule has 11 heteroatoms. The molecule has 2 aromatic heterocycles. The molecule has 4 rings (SSSR count). The molecule has 1 amide bonds. The fourth-order valence-corrected chi connectivity index (χ4v) is 4.39. The van der Waals surface area contributed by atoms with Crippen molar-refractivity contribution < 1.29 is 17.6 Å². The smallest absolute Gasteiger partial charge is 0.336 e. The van der Waals surface area contributed by atoms with Crippen LogP contribution in [-0.2, 0) is 16.6 Å². The summed E-state index contributed by atoms with van der Waals surface area (Å²) in [5.41, 5.74) is 1.47. The van der Waals surface area contributed by atoms with Crippen molar-refractivity contribution in [3.8, 4) is 0 Å². The molecule has 4 aromatic rings. The molecule has 2 heterocycles. The Balaban J connectivity index is 1.61. The number of hydrazine groups is 1. The van der Waals surface area contributed by atoms with Crippen LogP contribution in [0.25, 0.3) is 21.7 Å². The molecule has 0 saturated heterocycles. The third-order valence-corrected chi connectivity index (χ3v) is 6.50. The first-order valence-corrected chi connectivity index (χ1v) is 12.1. The zero-order valence-electron chi connectivity index (χ0n) is 18.3. The second kappa shape index (κ2) is 9.57. The summed E-state index contributed by atoms with van der Waals surface area (Å²) in [4.78, 5) is 38.9. The van der Waals surface area contributed by atoms with Gasteiger partial charge in [-0.1, -0.05) is 38.0 Å². The number of carbonyl (C=O) groups excluding carboxylic acids is 1. The number of aromatic nitrogens is 2. The van der Waals surface area contributed by atoms with Crippen LogP contribution >= 0.6 is 0 Å². The topological polar surface area (TPSA) is 140 Å². The van der Waals surface area contributed by atoms with E-state index >= 15 is 0 Å². The normalized spacial score (nSPS) is 11.7. The van der Waals surface area contributed by atoms with Crippen LogP contribution in [-0.4, -0.2) is 24.1 Å². The van der Waals surface area contributed by atoms with Gasteiger partial charge < -0.3 is 4.42 Å². The molecule has 0 aliphatic rings. The van der Waals surface area contributed by atoms with Crippen molar-refractivity contribution >= 4 is 37.7 Å². The Kier molecular flexibility index (Phi) is 6.57. The van der Waals surface area contributed by atoms with Crippen LogP contribution in [0.2, 0.25) is 0 Å². The number of hydrogen-bond acceptors (Lipinski definition) is 7. The fraction of sp³-hybridized carbons (Fsp3) is 0.217. The van der Waals surface area contributed by atoms with Gasteiger partial charge in [0.1, 0.15) is 5.58 Å². The van der Waals surface area contributed by atoms with Crippen LogP contribution in [0.5, 0.6) is 0 Å². The molecule has 2 aromatic carbocycles. The Morgan fingerprint density at radius 2 is 1.79 bits per heavy atom. The number of benzene rings is 2. The van der Waals surface area contributed by atoms with Crippen LogP contribution in [0.4, 0.5) is 0 Å². The lowest BCUT2D eigenvalue weighted by molar-refractivity contribution is 0.0939. The molecule has 0 aliphatic carbocycles. The van der Waals surface area contributed by atoms with Crippen molar-refractivity contribution in [2.45, 2.75) is 37.6 Å². The maximum atomic E-state index is 12.9. The van der Waals surface area contributed by atoms with Crippen molar-refractivity contribution in [1.82, 2.24) is 20.0 Å². The lowest BCUT2D eigenvalue weighted by Gasteiger charge is -2.12. The Morgan fingerprint density at radius 3 is 2.56 bits per heavy atom. The fourth-order valence-electron chi connectivity index (χ4n) is 3.51. The molecule has 0 saturated carbocycles. The minimum Gasteiger partial charge on any atom is -0.423 e. The van der Waals surface area contributed by atoms with E-state index < -0.39 is 21.6 Å². The van der Waals surface area contributed by atoms with Crippen molar-refractivity contribution in [1.29, 1.82) is 0 Å². The van der Waals surface area contributed by atoms with Gasteiger partial charge in [0.25, 0.3) is 21.5 Å². The van der Waals surface area contributed by atoms with Gasteiger partial charge in [0.2, 0.25) is 0 Å². The van der Waals surface area contributed by atoms with E-state index in [0.29, 0.717) is 22.7 Å². The zero-order chi connectivity index (χ0) is 24.3. The largest absolute Gasteiger partial charge is 0.423 e. The molecule has 0 spiro atoms. The molecule has 0 bridgehead atoms. The molecule has 0 radical (unpaired) electrons. The van der Waals surface area contributed by atoms with Crippen LogP contribution in [0.1, 0.15) is 36.7 Å². The lowest BCUT2D eigenvalue weighted by atomic mass is 10.1. The Hall–Kier alpha value is -3.83. The monoisotopic (exact) mass is 482 g/mol. The van der Waals surface area contributed by atoms with Gasteiger partial charge in [0.15, 0.2) is 5.69 Å². The van der Waals surface area contributed by atoms with E-state index in [1.165, 1.54) is 35.0 Å². The summed E-state index contributed by atoms with van der Waals surface area (Å²) in [6, 6.07) is 13.1. The van der Waals surface area contributed by atoms with Crippen molar-refractivity contribution in [3.63, 3.8) is 0 Å². The predicted octanol–water partition coefficient (Wildman–Crippen LogP) is 2.32. The number of sulfonamides is 1. The highest BCUT2D eigenvalue weighted by Gasteiger charge is 2.20. The summed E-state index contributed by atoms with van der Waals surface area (Å²) >= 11 is 0. The average Bonchev–Trinajstić information content (AvgIpc) is 2.84. The van der Waals surface area contributed by atoms with E-state index in [1.807, 2.05) is 6.92 Å². The molecular formula is C23H22N4O6S. The number of rotatable bonds is 8. The molecule has 34 heavy (non-hydrogen) atoms. The first-order valence-electron chi connectivity index (χ1n) is 10.7. The number of fused-ring (bicyclic) bond motifs is 2. The first-order chi connectivity index (χ1) is 16.3. The summed E-state index contributed by atoms with van der Waals surface area (Å²) < 4.78 is 31.7. The number of nitrogens with one attached hydrogen (secondary N) is 2. The Bertz CT molecular complexity index is 1610. The molecule has 0 fully saturated rings. The number of carbonyl (C=O) groups is 1. The van der Waals surface area contributed by atoms with E-state index in [-0.39, 0.29) is 21.7 Å². The third kappa shape index (κ3) is 4.75. The molecular weight excluding hydrogens is 460 g/mol. The molecule has 10 nitrogen and oxygen atoms in total. The van der Waals surface area contributed by atoms with E-state index in [2.05, 4.69) is 15.4 Å². The lowest BCUT2D eigenvalue weighted by Crippen LogP contribution is -2.42. The number of nitrogens with zero attached hydrogens (tertiary/aromatic N) is 2. The first kappa shape index (κ1) is 23.3. The van der Waals surface area contributed by atoms with Gasteiger partial charge in [0, 0.05) is 23.4 Å². The van der Waals surface area contributed by atoms with Gasteiger partial charge in [0.05, 0.1) is 10.3 Å². The predicted molar refractivity (Wildman–Crippen MR) is 126 cm³/mol. The van der Waals surface area contributed by atoms with E-state index in [0.717, 1.165) is 19.3 Å². The highest BCUT2D eigenvalue weighted by molar-refractivity contribution is 7.89. The summed E-state index contributed by atoms with van der Waals surface area (Å²) in [5.74, 6) is -0.809. The van der Waals surface area contributed by atoms with Gasteiger partial charge in [-0.3, -0.25) is 15.0 Å². The highest BCUT2D eigenvalue weighted by Crippen LogP contribution is 2.18. The number of unbranched alkanes of at least 4 members (excludes halogenated alkanes) is 2. The maximum absolute atomic E-state index is 12.9. The van der Waals surface area contributed by atoms with Crippen molar-refractivity contribution in [2.75, 3.05) is 0 Å². The van der Waals surface area contributed by atoms with Gasteiger partial charge in [-0.05, 0) is 36.8 Å².